The van der Waals surface area contributed by atoms with Crippen molar-refractivity contribution < 1.29 is 17.9 Å². The molecule has 3 aromatic rings. The third-order valence-electron chi connectivity index (χ3n) is 5.22. The highest BCUT2D eigenvalue weighted by atomic mass is 32.2. The molecule has 0 saturated heterocycles. The third-order valence-corrected chi connectivity index (χ3v) is 6.76. The molecule has 3 aromatic carbocycles. The minimum absolute atomic E-state index is 0.0102. The van der Waals surface area contributed by atoms with Gasteiger partial charge in [-0.15, -0.1) is 0 Å². The molecule has 1 amide bonds. The van der Waals surface area contributed by atoms with Crippen molar-refractivity contribution >= 4 is 15.9 Å². The van der Waals surface area contributed by atoms with Gasteiger partial charge >= 0.3 is 0 Å². The number of aryl methyl sites for hydroxylation is 1. The van der Waals surface area contributed by atoms with Gasteiger partial charge in [-0.3, -0.25) is 4.79 Å². The summed E-state index contributed by atoms with van der Waals surface area (Å²) in [6.45, 7) is 6.12. The van der Waals surface area contributed by atoms with E-state index in [9.17, 15) is 13.2 Å². The van der Waals surface area contributed by atoms with Gasteiger partial charge < -0.3 is 10.1 Å². The Morgan fingerprint density at radius 1 is 0.909 bits per heavy atom. The summed E-state index contributed by atoms with van der Waals surface area (Å²) < 4.78 is 34.4. The highest BCUT2D eigenvalue weighted by Gasteiger charge is 2.21. The monoisotopic (exact) mass is 466 g/mol. The molecule has 174 valence electrons. The average molecular weight is 467 g/mol. The second-order valence-electron chi connectivity index (χ2n) is 8.17. The van der Waals surface area contributed by atoms with Crippen LogP contribution in [0, 0.1) is 6.92 Å². The summed E-state index contributed by atoms with van der Waals surface area (Å²) in [6, 6.07) is 22.3. The van der Waals surface area contributed by atoms with Gasteiger partial charge in [-0.1, -0.05) is 74.5 Å². The first-order valence-corrected chi connectivity index (χ1v) is 12.4. The van der Waals surface area contributed by atoms with Crippen LogP contribution in [0.25, 0.3) is 0 Å². The number of ether oxygens (including phenoxy) is 1. The molecule has 0 aliphatic rings. The molecule has 2 N–H and O–H groups in total. The van der Waals surface area contributed by atoms with E-state index in [4.69, 9.17) is 4.74 Å². The predicted octanol–water partition coefficient (Wildman–Crippen LogP) is 4.29. The molecule has 0 fully saturated rings. The Hall–Kier alpha value is -3.16. The largest absolute Gasteiger partial charge is 0.483 e. The number of rotatable bonds is 10. The summed E-state index contributed by atoms with van der Waals surface area (Å²) >= 11 is 0. The third kappa shape index (κ3) is 6.91. The fourth-order valence-corrected chi connectivity index (χ4v) is 4.66. The van der Waals surface area contributed by atoms with Gasteiger partial charge in [0.1, 0.15) is 5.75 Å². The number of hydrogen-bond acceptors (Lipinski definition) is 4. The van der Waals surface area contributed by atoms with Crippen LogP contribution in [0.1, 0.15) is 42.0 Å². The Labute approximate surface area is 196 Å². The molecule has 0 spiro atoms. The molecule has 0 atom stereocenters. The molecule has 7 heteroatoms. The van der Waals surface area contributed by atoms with Crippen molar-refractivity contribution in [2.75, 3.05) is 6.61 Å². The Morgan fingerprint density at radius 3 is 2.06 bits per heavy atom. The van der Waals surface area contributed by atoms with Crippen molar-refractivity contribution in [3.8, 4) is 5.75 Å². The van der Waals surface area contributed by atoms with Crippen LogP contribution in [-0.4, -0.2) is 20.9 Å². The maximum Gasteiger partial charge on any atom is 0.258 e. The molecule has 0 saturated carbocycles. The lowest BCUT2D eigenvalue weighted by Gasteiger charge is -2.18. The second-order valence-corrected chi connectivity index (χ2v) is 9.91. The number of carbonyl (C=O) groups is 1. The van der Waals surface area contributed by atoms with Gasteiger partial charge in [0, 0.05) is 13.1 Å². The Balaban J connectivity index is 1.70. The minimum Gasteiger partial charge on any atom is -0.483 e. The molecule has 6 nitrogen and oxygen atoms in total. The number of nitrogens with one attached hydrogen (secondary N) is 2. The summed E-state index contributed by atoms with van der Waals surface area (Å²) in [7, 11) is -3.72. The van der Waals surface area contributed by atoms with E-state index in [1.54, 1.807) is 19.1 Å². The molecule has 0 heterocycles. The molecule has 0 aromatic heterocycles. The van der Waals surface area contributed by atoms with Gasteiger partial charge in [-0.05, 0) is 47.2 Å². The van der Waals surface area contributed by atoms with Crippen LogP contribution in [0.2, 0.25) is 0 Å². The molecule has 0 radical (unpaired) electrons. The quantitative estimate of drug-likeness (QED) is 0.467. The fraction of sp³-hybridized carbons (Fsp3) is 0.269. The smallest absolute Gasteiger partial charge is 0.258 e. The van der Waals surface area contributed by atoms with Crippen LogP contribution in [-0.2, 0) is 27.9 Å². The topological polar surface area (TPSA) is 84.5 Å². The number of carbonyl (C=O) groups excluding carboxylic acids is 1. The standard InChI is InChI=1S/C26H30N2O4S/c1-19(2)23-15-25(33(30,31)28-17-22-12-8-5-9-13-22)20(3)14-24(23)32-18-26(29)27-16-21-10-6-4-7-11-21/h4-15,19,28H,16-18H2,1-3H3,(H,27,29). The lowest BCUT2D eigenvalue weighted by atomic mass is 10.0. The maximum atomic E-state index is 13.0. The molecule has 0 unspecified atom stereocenters. The van der Waals surface area contributed by atoms with Crippen LogP contribution in [0.5, 0.6) is 5.75 Å². The molecular weight excluding hydrogens is 436 g/mol. The van der Waals surface area contributed by atoms with Gasteiger partial charge in [0.05, 0.1) is 4.90 Å². The molecule has 3 rings (SSSR count). The van der Waals surface area contributed by atoms with E-state index in [0.717, 1.165) is 16.7 Å². The Bertz CT molecular complexity index is 1180. The zero-order valence-electron chi connectivity index (χ0n) is 19.2. The number of sulfonamides is 1. The minimum atomic E-state index is -3.72. The fourth-order valence-electron chi connectivity index (χ4n) is 3.39. The Kier molecular flexibility index (Phi) is 8.25. The highest BCUT2D eigenvalue weighted by Crippen LogP contribution is 2.32. The molecule has 33 heavy (non-hydrogen) atoms. The van der Waals surface area contributed by atoms with Crippen LogP contribution in [0.3, 0.4) is 0 Å². The molecule has 0 aliphatic carbocycles. The van der Waals surface area contributed by atoms with Crippen molar-refractivity contribution in [3.05, 3.63) is 95.1 Å². The zero-order chi connectivity index (χ0) is 23.8. The first-order chi connectivity index (χ1) is 15.8. The van der Waals surface area contributed by atoms with Gasteiger partial charge in [0.15, 0.2) is 6.61 Å². The van der Waals surface area contributed by atoms with Crippen LogP contribution in [0.4, 0.5) is 0 Å². The van der Waals surface area contributed by atoms with Gasteiger partial charge in [0.2, 0.25) is 10.0 Å². The van der Waals surface area contributed by atoms with E-state index >= 15 is 0 Å². The van der Waals surface area contributed by atoms with E-state index in [2.05, 4.69) is 10.0 Å². The number of amides is 1. The normalized spacial score (nSPS) is 11.4. The zero-order valence-corrected chi connectivity index (χ0v) is 20.0. The number of hydrogen-bond donors (Lipinski definition) is 2. The first-order valence-electron chi connectivity index (χ1n) is 10.9. The summed E-state index contributed by atoms with van der Waals surface area (Å²) in [5.41, 5.74) is 3.17. The van der Waals surface area contributed by atoms with Crippen LogP contribution >= 0.6 is 0 Å². The van der Waals surface area contributed by atoms with E-state index in [-0.39, 0.29) is 29.9 Å². The van der Waals surface area contributed by atoms with E-state index in [1.807, 2.05) is 74.5 Å². The summed E-state index contributed by atoms with van der Waals surface area (Å²) in [4.78, 5) is 12.5. The van der Waals surface area contributed by atoms with E-state index < -0.39 is 10.0 Å². The van der Waals surface area contributed by atoms with Crippen molar-refractivity contribution in [1.29, 1.82) is 0 Å². The summed E-state index contributed by atoms with van der Waals surface area (Å²) in [6.07, 6.45) is 0. The number of benzene rings is 3. The lowest BCUT2D eigenvalue weighted by molar-refractivity contribution is -0.123. The average Bonchev–Trinajstić information content (AvgIpc) is 2.81. The van der Waals surface area contributed by atoms with E-state index in [1.165, 1.54) is 0 Å². The van der Waals surface area contributed by atoms with Gasteiger partial charge in [0.25, 0.3) is 5.91 Å². The SMILES string of the molecule is Cc1cc(OCC(=O)NCc2ccccc2)c(C(C)C)cc1S(=O)(=O)NCc1ccccc1. The van der Waals surface area contributed by atoms with Gasteiger partial charge in [-0.2, -0.15) is 0 Å². The predicted molar refractivity (Wildman–Crippen MR) is 130 cm³/mol. The lowest BCUT2D eigenvalue weighted by Crippen LogP contribution is -2.28. The highest BCUT2D eigenvalue weighted by molar-refractivity contribution is 7.89. The maximum absolute atomic E-state index is 13.0. The Morgan fingerprint density at radius 2 is 1.48 bits per heavy atom. The van der Waals surface area contributed by atoms with Crippen molar-refractivity contribution in [3.63, 3.8) is 0 Å². The van der Waals surface area contributed by atoms with Crippen molar-refractivity contribution in [1.82, 2.24) is 10.0 Å². The van der Waals surface area contributed by atoms with Crippen LogP contribution < -0.4 is 14.8 Å². The first kappa shape index (κ1) is 24.5. The molecule has 0 aliphatic heterocycles. The molecular formula is C26H30N2O4S. The van der Waals surface area contributed by atoms with E-state index in [0.29, 0.717) is 17.9 Å². The second kappa shape index (κ2) is 11.1. The van der Waals surface area contributed by atoms with Crippen molar-refractivity contribution in [2.45, 2.75) is 44.7 Å². The summed E-state index contributed by atoms with van der Waals surface area (Å²) in [5, 5.41) is 2.83. The summed E-state index contributed by atoms with van der Waals surface area (Å²) in [5.74, 6) is 0.280. The van der Waals surface area contributed by atoms with Gasteiger partial charge in [-0.25, -0.2) is 13.1 Å². The molecule has 0 bridgehead atoms. The van der Waals surface area contributed by atoms with Crippen molar-refractivity contribution in [2.24, 2.45) is 0 Å². The van der Waals surface area contributed by atoms with Crippen LogP contribution in [0.15, 0.2) is 77.7 Å².